The molecule has 1 fully saturated rings. The van der Waals surface area contributed by atoms with Gasteiger partial charge in [0.15, 0.2) is 0 Å². The highest BCUT2D eigenvalue weighted by atomic mass is 19.4. The molecule has 6 heteroatoms. The molecule has 0 amide bonds. The summed E-state index contributed by atoms with van der Waals surface area (Å²) in [5.74, 6) is -0.787. The van der Waals surface area contributed by atoms with Crippen LogP contribution in [0.3, 0.4) is 0 Å². The number of aliphatic hydroxyl groups is 1. The van der Waals surface area contributed by atoms with E-state index in [0.29, 0.717) is 19.0 Å². The molecule has 19 heavy (non-hydrogen) atoms. The van der Waals surface area contributed by atoms with Gasteiger partial charge in [0.05, 0.1) is 17.4 Å². The summed E-state index contributed by atoms with van der Waals surface area (Å²) < 4.78 is 51.1. The first-order valence-electron chi connectivity index (χ1n) is 6.09. The number of aliphatic hydroxyl groups excluding tert-OH is 1. The molecule has 2 atom stereocenters. The second-order valence-electron chi connectivity index (χ2n) is 4.94. The molecule has 1 N–H and O–H groups in total. The third-order valence-corrected chi connectivity index (χ3v) is 3.53. The van der Waals surface area contributed by atoms with E-state index in [1.165, 1.54) is 0 Å². The largest absolute Gasteiger partial charge is 0.416 e. The van der Waals surface area contributed by atoms with Gasteiger partial charge in [-0.15, -0.1) is 0 Å². The Morgan fingerprint density at radius 2 is 2.00 bits per heavy atom. The number of benzene rings is 1. The molecule has 2 nitrogen and oxygen atoms in total. The molecule has 106 valence electrons. The lowest BCUT2D eigenvalue weighted by Gasteiger charge is -2.36. The van der Waals surface area contributed by atoms with Gasteiger partial charge in [-0.2, -0.15) is 13.2 Å². The number of β-amino-alcohol motifs (C(OH)–C–C–N with tert-alkyl or cyclic N) is 1. The minimum atomic E-state index is -4.55. The van der Waals surface area contributed by atoms with E-state index in [1.807, 2.05) is 6.92 Å². The van der Waals surface area contributed by atoms with Crippen LogP contribution < -0.4 is 4.90 Å². The summed E-state index contributed by atoms with van der Waals surface area (Å²) in [5, 5.41) is 9.74. The normalized spacial score (nSPS) is 24.6. The van der Waals surface area contributed by atoms with Crippen molar-refractivity contribution < 1.29 is 22.7 Å². The number of anilines is 1. The maximum Gasteiger partial charge on any atom is 0.416 e. The summed E-state index contributed by atoms with van der Waals surface area (Å²) in [4.78, 5) is 1.58. The standard InChI is InChI=1S/C13H15F4NO/c1-8-4-5-18(7-12(8)19)11-3-2-9(6-10(11)14)13(15,16)17/h2-3,6,8,12,19H,4-5,7H2,1H3. The Morgan fingerprint density at radius 3 is 2.53 bits per heavy atom. The van der Waals surface area contributed by atoms with Gasteiger partial charge in [0, 0.05) is 13.1 Å². The summed E-state index contributed by atoms with van der Waals surface area (Å²) >= 11 is 0. The Hall–Kier alpha value is -1.30. The van der Waals surface area contributed by atoms with Gasteiger partial charge in [-0.1, -0.05) is 6.92 Å². The summed E-state index contributed by atoms with van der Waals surface area (Å²) in [5.41, 5.74) is -0.890. The third-order valence-electron chi connectivity index (χ3n) is 3.53. The van der Waals surface area contributed by atoms with Crippen LogP contribution in [0.4, 0.5) is 23.2 Å². The van der Waals surface area contributed by atoms with Gasteiger partial charge in [0.25, 0.3) is 0 Å². The number of piperidine rings is 1. The average Bonchev–Trinajstić information content (AvgIpc) is 2.31. The first-order valence-corrected chi connectivity index (χ1v) is 6.09. The minimum absolute atomic E-state index is 0.110. The van der Waals surface area contributed by atoms with Crippen molar-refractivity contribution in [3.05, 3.63) is 29.6 Å². The molecule has 1 aromatic carbocycles. The molecule has 1 aromatic rings. The summed E-state index contributed by atoms with van der Waals surface area (Å²) in [7, 11) is 0. The highest BCUT2D eigenvalue weighted by molar-refractivity contribution is 5.50. The summed E-state index contributed by atoms with van der Waals surface area (Å²) in [6.07, 6.45) is -4.45. The number of rotatable bonds is 1. The molecule has 1 aliphatic rings. The van der Waals surface area contributed by atoms with Gasteiger partial charge in [-0.3, -0.25) is 0 Å². The molecule has 2 rings (SSSR count). The van der Waals surface area contributed by atoms with E-state index in [0.717, 1.165) is 12.1 Å². The number of nitrogens with zero attached hydrogens (tertiary/aromatic N) is 1. The molecule has 0 radical (unpaired) electrons. The quantitative estimate of drug-likeness (QED) is 0.797. The van der Waals surface area contributed by atoms with Gasteiger partial charge in [0.2, 0.25) is 0 Å². The summed E-state index contributed by atoms with van der Waals surface area (Å²) in [6.45, 7) is 2.66. The molecule has 1 saturated heterocycles. The second kappa shape index (κ2) is 5.00. The Balaban J connectivity index is 2.22. The van der Waals surface area contributed by atoms with E-state index >= 15 is 0 Å². The SMILES string of the molecule is CC1CCN(c2ccc(C(F)(F)F)cc2F)CC1O. The molecule has 2 unspecified atom stereocenters. The zero-order valence-corrected chi connectivity index (χ0v) is 10.4. The Bertz CT molecular complexity index is 460. The molecular formula is C13H15F4NO. The van der Waals surface area contributed by atoms with Crippen LogP contribution in [0.2, 0.25) is 0 Å². The molecule has 0 aromatic heterocycles. The predicted molar refractivity (Wildman–Crippen MR) is 63.4 cm³/mol. The Morgan fingerprint density at radius 1 is 1.32 bits per heavy atom. The average molecular weight is 277 g/mol. The lowest BCUT2D eigenvalue weighted by Crippen LogP contribution is -2.43. The van der Waals surface area contributed by atoms with E-state index in [2.05, 4.69) is 0 Å². The molecule has 1 aliphatic heterocycles. The minimum Gasteiger partial charge on any atom is -0.391 e. The number of halogens is 4. The van der Waals surface area contributed by atoms with Crippen LogP contribution in [0.5, 0.6) is 0 Å². The van der Waals surface area contributed by atoms with Gasteiger partial charge in [0.1, 0.15) is 5.82 Å². The molecule has 0 saturated carbocycles. The van der Waals surface area contributed by atoms with E-state index in [9.17, 15) is 22.7 Å². The number of hydrogen-bond donors (Lipinski definition) is 1. The Labute approximate surface area is 108 Å². The number of alkyl halides is 3. The fraction of sp³-hybridized carbons (Fsp3) is 0.538. The van der Waals surface area contributed by atoms with Crippen LogP contribution >= 0.6 is 0 Å². The highest BCUT2D eigenvalue weighted by Gasteiger charge is 2.32. The van der Waals surface area contributed by atoms with E-state index < -0.39 is 23.7 Å². The van der Waals surface area contributed by atoms with Crippen LogP contribution in [-0.4, -0.2) is 24.3 Å². The molecule has 0 bridgehead atoms. The van der Waals surface area contributed by atoms with Crippen LogP contribution in [0.15, 0.2) is 18.2 Å². The van der Waals surface area contributed by atoms with Gasteiger partial charge in [-0.05, 0) is 30.5 Å². The molecule has 1 heterocycles. The molecule has 0 spiro atoms. The molecule has 0 aliphatic carbocycles. The van der Waals surface area contributed by atoms with Gasteiger partial charge >= 0.3 is 6.18 Å². The highest BCUT2D eigenvalue weighted by Crippen LogP contribution is 2.33. The Kier molecular flexibility index (Phi) is 3.71. The lowest BCUT2D eigenvalue weighted by molar-refractivity contribution is -0.137. The summed E-state index contributed by atoms with van der Waals surface area (Å²) in [6, 6.07) is 2.49. The van der Waals surface area contributed by atoms with Gasteiger partial charge < -0.3 is 10.0 Å². The first-order chi connectivity index (χ1) is 8.79. The van der Waals surface area contributed by atoms with Crippen molar-refractivity contribution in [1.82, 2.24) is 0 Å². The number of hydrogen-bond acceptors (Lipinski definition) is 2. The van der Waals surface area contributed by atoms with Crippen molar-refractivity contribution in [2.75, 3.05) is 18.0 Å². The maximum absolute atomic E-state index is 13.8. The van der Waals surface area contributed by atoms with Crippen molar-refractivity contribution in [3.63, 3.8) is 0 Å². The monoisotopic (exact) mass is 277 g/mol. The van der Waals surface area contributed by atoms with Gasteiger partial charge in [-0.25, -0.2) is 4.39 Å². The first kappa shape index (κ1) is 14.1. The van der Waals surface area contributed by atoms with Crippen molar-refractivity contribution >= 4 is 5.69 Å². The van der Waals surface area contributed by atoms with E-state index in [-0.39, 0.29) is 18.2 Å². The van der Waals surface area contributed by atoms with E-state index in [4.69, 9.17) is 0 Å². The lowest BCUT2D eigenvalue weighted by atomic mass is 9.95. The van der Waals surface area contributed by atoms with Crippen LogP contribution in [0.25, 0.3) is 0 Å². The van der Waals surface area contributed by atoms with Crippen molar-refractivity contribution in [2.24, 2.45) is 5.92 Å². The fourth-order valence-corrected chi connectivity index (χ4v) is 2.21. The topological polar surface area (TPSA) is 23.5 Å². The zero-order chi connectivity index (χ0) is 14.2. The third kappa shape index (κ3) is 3.00. The van der Waals surface area contributed by atoms with Crippen LogP contribution in [0, 0.1) is 11.7 Å². The smallest absolute Gasteiger partial charge is 0.391 e. The van der Waals surface area contributed by atoms with Crippen molar-refractivity contribution in [3.8, 4) is 0 Å². The zero-order valence-electron chi connectivity index (χ0n) is 10.4. The predicted octanol–water partition coefficient (Wildman–Crippen LogP) is 3.05. The van der Waals surface area contributed by atoms with E-state index in [1.54, 1.807) is 4.90 Å². The van der Waals surface area contributed by atoms with Crippen LogP contribution in [0.1, 0.15) is 18.9 Å². The van der Waals surface area contributed by atoms with Crippen molar-refractivity contribution in [2.45, 2.75) is 25.6 Å². The van der Waals surface area contributed by atoms with Crippen molar-refractivity contribution in [1.29, 1.82) is 0 Å². The van der Waals surface area contributed by atoms with Crippen LogP contribution in [-0.2, 0) is 6.18 Å². The fourth-order valence-electron chi connectivity index (χ4n) is 2.21. The second-order valence-corrected chi connectivity index (χ2v) is 4.94. The molecular weight excluding hydrogens is 262 g/mol. The maximum atomic E-state index is 13.8.